The van der Waals surface area contributed by atoms with E-state index in [4.69, 9.17) is 10.2 Å². The molecule has 0 aliphatic heterocycles. The van der Waals surface area contributed by atoms with Crippen LogP contribution in [0, 0.1) is 0 Å². The van der Waals surface area contributed by atoms with Crippen LogP contribution in [0.15, 0.2) is 17.5 Å². The predicted octanol–water partition coefficient (Wildman–Crippen LogP) is 0.707. The van der Waals surface area contributed by atoms with E-state index in [0.29, 0.717) is 10.9 Å². The summed E-state index contributed by atoms with van der Waals surface area (Å²) in [4.78, 5) is 0. The molecule has 1 unspecified atom stereocenters. The van der Waals surface area contributed by atoms with Crippen LogP contribution in [0.4, 0.5) is 0 Å². The van der Waals surface area contributed by atoms with E-state index in [0.717, 1.165) is 0 Å². The number of hydrogen-bond donors (Lipinski definition) is 3. The number of aromatic hydroxyl groups is 1. The van der Waals surface area contributed by atoms with Gasteiger partial charge in [0.05, 0.1) is 0 Å². The molecule has 0 bridgehead atoms. The standard InChI is InChI=1S/C4H4OS.C3H6N4O/c5-4-2-1-3-6-4;1-2(8)3-4-6-7-5-3/h1-3,5H;2,8H,1H3,(H,4,5,6,7). The molecule has 0 radical (unpaired) electrons. The third-order valence-electron chi connectivity index (χ3n) is 1.26. The number of nitrogens with one attached hydrogen (secondary N) is 1. The van der Waals surface area contributed by atoms with Crippen molar-refractivity contribution >= 4 is 11.3 Å². The van der Waals surface area contributed by atoms with Crippen LogP contribution < -0.4 is 0 Å². The van der Waals surface area contributed by atoms with Crippen molar-refractivity contribution in [2.24, 2.45) is 0 Å². The second kappa shape index (κ2) is 5.30. The number of nitrogens with zero attached hydrogens (tertiary/aromatic N) is 3. The molecule has 0 aromatic carbocycles. The normalized spacial score (nSPS) is 11.6. The summed E-state index contributed by atoms with van der Waals surface area (Å²) in [6.07, 6.45) is -0.606. The molecule has 3 N–H and O–H groups in total. The Balaban J connectivity index is 0.000000146. The first-order valence-corrected chi connectivity index (χ1v) is 4.72. The quantitative estimate of drug-likeness (QED) is 0.649. The zero-order valence-corrected chi connectivity index (χ0v) is 8.27. The summed E-state index contributed by atoms with van der Waals surface area (Å²) in [5.74, 6) is 0.394. The minimum absolute atomic E-state index is 0.384. The Labute approximate surface area is 84.2 Å². The zero-order chi connectivity index (χ0) is 10.4. The third kappa shape index (κ3) is 3.50. The number of aliphatic hydroxyl groups is 1. The molecule has 0 fully saturated rings. The molecule has 0 saturated heterocycles. The van der Waals surface area contributed by atoms with E-state index >= 15 is 0 Å². The number of aromatic nitrogens is 4. The maximum absolute atomic E-state index is 8.74. The number of rotatable bonds is 1. The minimum atomic E-state index is -0.606. The van der Waals surface area contributed by atoms with Gasteiger partial charge in [-0.2, -0.15) is 0 Å². The molecule has 2 heterocycles. The lowest BCUT2D eigenvalue weighted by molar-refractivity contribution is 0.189. The van der Waals surface area contributed by atoms with Crippen molar-refractivity contribution in [2.45, 2.75) is 13.0 Å². The van der Waals surface area contributed by atoms with Gasteiger partial charge in [0.15, 0.2) is 10.9 Å². The molecule has 0 aliphatic carbocycles. The molecule has 2 aromatic heterocycles. The minimum Gasteiger partial charge on any atom is -0.499 e. The van der Waals surface area contributed by atoms with Gasteiger partial charge in [-0.3, -0.25) is 0 Å². The van der Waals surface area contributed by atoms with Crippen molar-refractivity contribution < 1.29 is 10.2 Å². The number of hydrogen-bond acceptors (Lipinski definition) is 6. The lowest BCUT2D eigenvalue weighted by atomic mass is 10.4. The fraction of sp³-hybridized carbons (Fsp3) is 0.286. The first kappa shape index (κ1) is 10.6. The lowest BCUT2D eigenvalue weighted by Gasteiger charge is -1.91. The molecule has 0 amide bonds. The highest BCUT2D eigenvalue weighted by Crippen LogP contribution is 2.14. The van der Waals surface area contributed by atoms with Crippen LogP contribution in [0.2, 0.25) is 0 Å². The van der Waals surface area contributed by atoms with Gasteiger partial charge in [0, 0.05) is 0 Å². The number of aromatic amines is 1. The van der Waals surface area contributed by atoms with Crippen LogP contribution in [0.3, 0.4) is 0 Å². The Morgan fingerprint density at radius 3 is 2.57 bits per heavy atom. The van der Waals surface area contributed by atoms with Gasteiger partial charge >= 0.3 is 0 Å². The van der Waals surface area contributed by atoms with E-state index < -0.39 is 6.10 Å². The summed E-state index contributed by atoms with van der Waals surface area (Å²) in [5, 5.41) is 31.8. The van der Waals surface area contributed by atoms with Crippen LogP contribution in [0.5, 0.6) is 5.06 Å². The van der Waals surface area contributed by atoms with Gasteiger partial charge in [-0.05, 0) is 34.9 Å². The second-order valence-corrected chi connectivity index (χ2v) is 3.34. The number of aliphatic hydroxyl groups excluding tert-OH is 1. The lowest BCUT2D eigenvalue weighted by Crippen LogP contribution is -1.92. The van der Waals surface area contributed by atoms with Crippen LogP contribution in [0.25, 0.3) is 0 Å². The smallest absolute Gasteiger partial charge is 0.177 e. The summed E-state index contributed by atoms with van der Waals surface area (Å²) in [5.41, 5.74) is 0. The number of thiophene rings is 1. The van der Waals surface area contributed by atoms with Gasteiger partial charge in [0.25, 0.3) is 0 Å². The van der Waals surface area contributed by atoms with Gasteiger partial charge < -0.3 is 10.2 Å². The Kier molecular flexibility index (Phi) is 4.02. The first-order valence-electron chi connectivity index (χ1n) is 3.84. The zero-order valence-electron chi connectivity index (χ0n) is 7.45. The highest BCUT2D eigenvalue weighted by molar-refractivity contribution is 7.11. The Bertz CT molecular complexity index is 332. The van der Waals surface area contributed by atoms with E-state index in [1.54, 1.807) is 19.1 Å². The van der Waals surface area contributed by atoms with Crippen molar-refractivity contribution in [1.29, 1.82) is 0 Å². The second-order valence-electron chi connectivity index (χ2n) is 2.41. The van der Waals surface area contributed by atoms with Crippen molar-refractivity contribution in [2.75, 3.05) is 0 Å². The first-order chi connectivity index (χ1) is 6.70. The Hall–Kier alpha value is -1.47. The van der Waals surface area contributed by atoms with E-state index in [1.807, 2.05) is 5.38 Å². The average Bonchev–Trinajstić information content (AvgIpc) is 2.75. The van der Waals surface area contributed by atoms with E-state index in [-0.39, 0.29) is 0 Å². The topological polar surface area (TPSA) is 94.9 Å². The molecule has 0 saturated carbocycles. The third-order valence-corrected chi connectivity index (χ3v) is 1.93. The van der Waals surface area contributed by atoms with Crippen LogP contribution in [-0.2, 0) is 0 Å². The molecule has 1 atom stereocenters. The van der Waals surface area contributed by atoms with Crippen molar-refractivity contribution in [3.8, 4) is 5.06 Å². The van der Waals surface area contributed by atoms with Crippen LogP contribution >= 0.6 is 11.3 Å². The monoisotopic (exact) mass is 214 g/mol. The number of tetrazole rings is 1. The molecule has 7 heteroatoms. The molecule has 0 aliphatic rings. The van der Waals surface area contributed by atoms with Gasteiger partial charge in [-0.15, -0.1) is 16.4 Å². The van der Waals surface area contributed by atoms with Gasteiger partial charge in [-0.1, -0.05) is 0 Å². The maximum atomic E-state index is 8.74. The largest absolute Gasteiger partial charge is 0.499 e. The molecule has 2 aromatic rings. The predicted molar refractivity (Wildman–Crippen MR) is 50.8 cm³/mol. The molecule has 14 heavy (non-hydrogen) atoms. The molecular formula is C7H10N4O2S. The van der Waals surface area contributed by atoms with E-state index in [9.17, 15) is 0 Å². The molecule has 6 nitrogen and oxygen atoms in total. The molecule has 0 spiro atoms. The van der Waals surface area contributed by atoms with Crippen molar-refractivity contribution in [3.05, 3.63) is 23.3 Å². The van der Waals surface area contributed by atoms with Crippen molar-refractivity contribution in [1.82, 2.24) is 20.6 Å². The Morgan fingerprint density at radius 1 is 1.57 bits per heavy atom. The molecular weight excluding hydrogens is 204 g/mol. The summed E-state index contributed by atoms with van der Waals surface area (Å²) < 4.78 is 0. The highest BCUT2D eigenvalue weighted by Gasteiger charge is 2.01. The SMILES string of the molecule is CC(O)c1nnn[nH]1.Oc1cccs1. The van der Waals surface area contributed by atoms with Gasteiger partial charge in [0.2, 0.25) is 0 Å². The summed E-state index contributed by atoms with van der Waals surface area (Å²) in [7, 11) is 0. The van der Waals surface area contributed by atoms with E-state index in [2.05, 4.69) is 20.6 Å². The highest BCUT2D eigenvalue weighted by atomic mass is 32.1. The Morgan fingerprint density at radius 2 is 2.36 bits per heavy atom. The fourth-order valence-corrected chi connectivity index (χ4v) is 1.07. The van der Waals surface area contributed by atoms with Crippen LogP contribution in [-0.4, -0.2) is 30.8 Å². The van der Waals surface area contributed by atoms with Crippen molar-refractivity contribution in [3.63, 3.8) is 0 Å². The van der Waals surface area contributed by atoms with E-state index in [1.165, 1.54) is 11.3 Å². The molecule has 76 valence electrons. The summed E-state index contributed by atoms with van der Waals surface area (Å²) in [6, 6.07) is 3.46. The molecule has 2 rings (SSSR count). The summed E-state index contributed by atoms with van der Waals surface area (Å²) in [6.45, 7) is 1.59. The van der Waals surface area contributed by atoms with Crippen LogP contribution in [0.1, 0.15) is 18.9 Å². The number of H-pyrrole nitrogens is 1. The maximum Gasteiger partial charge on any atom is 0.177 e. The average molecular weight is 214 g/mol. The fourth-order valence-electron chi connectivity index (χ4n) is 0.613. The summed E-state index contributed by atoms with van der Waals surface area (Å²) >= 11 is 1.33. The van der Waals surface area contributed by atoms with Gasteiger partial charge in [-0.25, -0.2) is 5.10 Å². The van der Waals surface area contributed by atoms with Gasteiger partial charge in [0.1, 0.15) is 6.10 Å².